The number of hydrogen-bond acceptors (Lipinski definition) is 2. The normalized spacial score (nSPS) is 13.3. The topological polar surface area (TPSA) is 26.3 Å². The first kappa shape index (κ1) is 14.1. The molecule has 0 aliphatic carbocycles. The fourth-order valence-corrected chi connectivity index (χ4v) is 1.86. The predicted octanol–water partition coefficient (Wildman–Crippen LogP) is 3.81. The number of halogens is 5. The van der Waals surface area contributed by atoms with E-state index in [-0.39, 0.29) is 15.6 Å². The van der Waals surface area contributed by atoms with Gasteiger partial charge in [-0.1, -0.05) is 23.2 Å². The van der Waals surface area contributed by atoms with E-state index in [1.807, 2.05) is 0 Å². The van der Waals surface area contributed by atoms with Gasteiger partial charge in [-0.3, -0.25) is 4.79 Å². The second kappa shape index (κ2) is 5.14. The van der Waals surface area contributed by atoms with E-state index in [1.54, 1.807) is 0 Å². The monoisotopic (exact) mass is 286 g/mol. The van der Waals surface area contributed by atoms with Gasteiger partial charge in [0.25, 0.3) is 0 Å². The van der Waals surface area contributed by atoms with Crippen LogP contribution in [0.3, 0.4) is 0 Å². The number of esters is 1. The molecule has 0 spiro atoms. The van der Waals surface area contributed by atoms with Gasteiger partial charge in [0.15, 0.2) is 5.92 Å². The maximum atomic E-state index is 12.7. The summed E-state index contributed by atoms with van der Waals surface area (Å²) in [5, 5.41) is 0.0382. The van der Waals surface area contributed by atoms with E-state index in [0.29, 0.717) is 0 Å². The molecule has 1 aromatic rings. The largest absolute Gasteiger partial charge is 0.468 e. The van der Waals surface area contributed by atoms with Gasteiger partial charge in [0.05, 0.1) is 7.11 Å². The number of hydrogen-bond donors (Lipinski definition) is 0. The Morgan fingerprint density at radius 3 is 2.06 bits per heavy atom. The van der Waals surface area contributed by atoms with Crippen molar-refractivity contribution in [3.63, 3.8) is 0 Å². The molecule has 0 aromatic heterocycles. The van der Waals surface area contributed by atoms with E-state index in [4.69, 9.17) is 23.2 Å². The number of ether oxygens (including phenoxy) is 1. The minimum Gasteiger partial charge on any atom is -0.468 e. The molecule has 0 saturated heterocycles. The summed E-state index contributed by atoms with van der Waals surface area (Å²) in [5.41, 5.74) is -0.346. The Hall–Kier alpha value is -0.940. The Balaban J connectivity index is 3.27. The molecule has 0 fully saturated rings. The summed E-state index contributed by atoms with van der Waals surface area (Å²) in [6, 6.07) is 3.34. The lowest BCUT2D eigenvalue weighted by Crippen LogP contribution is -2.29. The van der Waals surface area contributed by atoms with Gasteiger partial charge in [0.1, 0.15) is 0 Å². The van der Waals surface area contributed by atoms with Gasteiger partial charge in [-0.15, -0.1) is 0 Å². The number of benzene rings is 1. The predicted molar refractivity (Wildman–Crippen MR) is 57.3 cm³/mol. The van der Waals surface area contributed by atoms with Crippen molar-refractivity contribution < 1.29 is 22.7 Å². The molecule has 2 nitrogen and oxygen atoms in total. The molecule has 1 aromatic carbocycles. The van der Waals surface area contributed by atoms with Gasteiger partial charge in [0, 0.05) is 10.0 Å². The van der Waals surface area contributed by atoms with Crippen LogP contribution in [-0.2, 0) is 9.53 Å². The van der Waals surface area contributed by atoms with Gasteiger partial charge in [-0.05, 0) is 23.8 Å². The van der Waals surface area contributed by atoms with Crippen LogP contribution in [0.4, 0.5) is 13.2 Å². The van der Waals surface area contributed by atoms with Gasteiger partial charge in [-0.25, -0.2) is 0 Å². The van der Waals surface area contributed by atoms with Crippen LogP contribution in [0.5, 0.6) is 0 Å². The fourth-order valence-electron chi connectivity index (χ4n) is 1.32. The summed E-state index contributed by atoms with van der Waals surface area (Å²) in [6.45, 7) is 0. The van der Waals surface area contributed by atoms with Gasteiger partial charge < -0.3 is 4.74 Å². The molecule has 1 rings (SSSR count). The lowest BCUT2D eigenvalue weighted by atomic mass is 9.99. The highest BCUT2D eigenvalue weighted by Crippen LogP contribution is 2.37. The average Bonchev–Trinajstić information content (AvgIpc) is 2.13. The highest BCUT2D eigenvalue weighted by molar-refractivity contribution is 6.34. The molecule has 0 aliphatic heterocycles. The second-order valence-electron chi connectivity index (χ2n) is 3.20. The molecular weight excluding hydrogens is 280 g/mol. The zero-order valence-electron chi connectivity index (χ0n) is 8.52. The van der Waals surface area contributed by atoms with Crippen molar-refractivity contribution in [2.75, 3.05) is 7.11 Å². The number of rotatable bonds is 2. The minimum atomic E-state index is -4.76. The Morgan fingerprint density at radius 1 is 1.24 bits per heavy atom. The summed E-state index contributed by atoms with van der Waals surface area (Å²) in [7, 11) is 0.882. The lowest BCUT2D eigenvalue weighted by Gasteiger charge is -2.18. The summed E-state index contributed by atoms with van der Waals surface area (Å²) in [4.78, 5) is 11.2. The molecule has 0 bridgehead atoms. The Kier molecular flexibility index (Phi) is 4.27. The van der Waals surface area contributed by atoms with Crippen LogP contribution in [0.1, 0.15) is 11.5 Å². The van der Waals surface area contributed by atoms with Crippen molar-refractivity contribution in [2.24, 2.45) is 0 Å². The van der Waals surface area contributed by atoms with E-state index in [1.165, 1.54) is 6.07 Å². The smallest absolute Gasteiger partial charge is 0.406 e. The molecule has 0 amide bonds. The molecule has 0 saturated carbocycles. The van der Waals surface area contributed by atoms with Crippen molar-refractivity contribution in [2.45, 2.75) is 12.1 Å². The molecule has 0 N–H and O–H groups in total. The lowest BCUT2D eigenvalue weighted by molar-refractivity contribution is -0.179. The molecule has 0 radical (unpaired) electrons. The molecule has 17 heavy (non-hydrogen) atoms. The van der Waals surface area contributed by atoms with Crippen molar-refractivity contribution >= 4 is 29.2 Å². The van der Waals surface area contributed by atoms with E-state index < -0.39 is 18.1 Å². The van der Waals surface area contributed by atoms with Crippen LogP contribution in [0, 0.1) is 0 Å². The van der Waals surface area contributed by atoms with E-state index in [0.717, 1.165) is 19.2 Å². The third-order valence-electron chi connectivity index (χ3n) is 1.98. The summed E-state index contributed by atoms with van der Waals surface area (Å²) in [6.07, 6.45) is -4.76. The maximum Gasteiger partial charge on any atom is 0.406 e. The first-order valence-electron chi connectivity index (χ1n) is 4.36. The number of alkyl halides is 3. The zero-order valence-corrected chi connectivity index (χ0v) is 10.0. The van der Waals surface area contributed by atoms with Crippen molar-refractivity contribution in [3.8, 4) is 0 Å². The average molecular weight is 287 g/mol. The van der Waals surface area contributed by atoms with Gasteiger partial charge in [0.2, 0.25) is 0 Å². The summed E-state index contributed by atoms with van der Waals surface area (Å²) >= 11 is 11.2. The zero-order chi connectivity index (χ0) is 13.2. The molecule has 1 atom stereocenters. The van der Waals surface area contributed by atoms with Crippen LogP contribution in [0.15, 0.2) is 18.2 Å². The molecule has 94 valence electrons. The summed E-state index contributed by atoms with van der Waals surface area (Å²) < 4.78 is 42.3. The first-order chi connectivity index (χ1) is 7.75. The van der Waals surface area contributed by atoms with E-state index in [9.17, 15) is 18.0 Å². The second-order valence-corrected chi connectivity index (χ2v) is 4.07. The Labute approximate surface area is 105 Å². The molecular formula is C10H7Cl2F3O2. The first-order valence-corrected chi connectivity index (χ1v) is 5.12. The van der Waals surface area contributed by atoms with Crippen LogP contribution in [0.2, 0.25) is 10.0 Å². The molecule has 0 aliphatic rings. The number of carbonyl (C=O) groups excluding carboxylic acids is 1. The molecule has 1 unspecified atom stereocenters. The molecule has 7 heteroatoms. The van der Waals surface area contributed by atoms with E-state index in [2.05, 4.69) is 4.74 Å². The van der Waals surface area contributed by atoms with Gasteiger partial charge in [-0.2, -0.15) is 13.2 Å². The van der Waals surface area contributed by atoms with Crippen molar-refractivity contribution in [1.29, 1.82) is 0 Å². The highest BCUT2D eigenvalue weighted by Gasteiger charge is 2.47. The minimum absolute atomic E-state index is 0.0191. The standard InChI is InChI=1S/C10H7Cl2F3O2/c1-17-9(16)8(10(13,14)15)5-2-6(11)4-7(12)3-5/h2-4,8H,1H3. The Bertz CT molecular complexity index is 412. The third kappa shape index (κ3) is 3.51. The number of methoxy groups -OCH3 is 1. The Morgan fingerprint density at radius 2 is 1.71 bits per heavy atom. The van der Waals surface area contributed by atoms with Crippen molar-refractivity contribution in [3.05, 3.63) is 33.8 Å². The van der Waals surface area contributed by atoms with Gasteiger partial charge >= 0.3 is 12.1 Å². The van der Waals surface area contributed by atoms with Crippen molar-refractivity contribution in [1.82, 2.24) is 0 Å². The third-order valence-corrected chi connectivity index (χ3v) is 2.42. The quantitative estimate of drug-likeness (QED) is 0.773. The number of carbonyl (C=O) groups is 1. The maximum absolute atomic E-state index is 12.7. The van der Waals surface area contributed by atoms with Crippen LogP contribution in [-0.4, -0.2) is 19.3 Å². The fraction of sp³-hybridized carbons (Fsp3) is 0.300. The van der Waals surface area contributed by atoms with Crippen LogP contribution < -0.4 is 0 Å². The summed E-state index contributed by atoms with van der Waals surface area (Å²) in [5.74, 6) is -3.79. The van der Waals surface area contributed by atoms with Crippen LogP contribution >= 0.6 is 23.2 Å². The highest BCUT2D eigenvalue weighted by atomic mass is 35.5. The SMILES string of the molecule is COC(=O)C(c1cc(Cl)cc(Cl)c1)C(F)(F)F. The van der Waals surface area contributed by atoms with E-state index >= 15 is 0 Å². The van der Waals surface area contributed by atoms with Crippen LogP contribution in [0.25, 0.3) is 0 Å². The molecule has 0 heterocycles.